The highest BCUT2D eigenvalue weighted by atomic mass is 35.5. The molecule has 4 aliphatic rings. The van der Waals surface area contributed by atoms with Crippen LogP contribution in [-0.2, 0) is 19.5 Å². The average Bonchev–Trinajstić information content (AvgIpc) is 1.07. The first-order valence-electron chi connectivity index (χ1n) is 43.8. The van der Waals surface area contributed by atoms with Gasteiger partial charge in [0.15, 0.2) is 40.7 Å². The van der Waals surface area contributed by atoms with Crippen molar-refractivity contribution >= 4 is 128 Å². The SMILES string of the molecule is Cc1cc(C2CCNCC2)c(C)cc1Cc1ncc(Cl)c(Nc2ccc[nH]c2=O)n1.Cc1cc(Nc2nc(Nc3cc(C)c(C4CCN(C)CC4)cc3F)ncc2Cl)no1.Cc1cc(Nc2nc(Nc3cc(C)c(C4CCN(Cc5ccnnc5)CC4)cc3F)ncc2Cl)n[nH]1.Cc1cc(Nc2nc(Nc3cc(C)c(C4CCN(Cc5cnccn5)CC4)cc3F)ncc2Cl)n[nH]1. The number of anilines is 14. The molecule has 14 heterocycles. The predicted molar refractivity (Wildman–Crippen MR) is 511 cm³/mol. The van der Waals surface area contributed by atoms with Crippen LogP contribution in [0.4, 0.5) is 94.5 Å². The third-order valence-electron chi connectivity index (χ3n) is 23.8. The van der Waals surface area contributed by atoms with Crippen LogP contribution in [0.3, 0.4) is 0 Å². The molecule has 10 aromatic heterocycles. The molecule has 14 aromatic rings. The number of aromatic amines is 3. The lowest BCUT2D eigenvalue weighted by atomic mass is 9.85. The number of aryl methyl sites for hydroxylation is 8. The zero-order valence-corrected chi connectivity index (χ0v) is 77.6. The van der Waals surface area contributed by atoms with E-state index in [4.69, 9.17) is 50.9 Å². The monoisotopic (exact) mass is 1870 g/mol. The van der Waals surface area contributed by atoms with Gasteiger partial charge in [-0.05, 0) is 306 Å². The quantitative estimate of drug-likeness (QED) is 0.0268. The van der Waals surface area contributed by atoms with E-state index in [1.165, 1.54) is 53.7 Å². The lowest BCUT2D eigenvalue weighted by Crippen LogP contribution is -2.33. The number of nitrogens with zero attached hydrogens (tertiary/aromatic N) is 18. The number of H-pyrrole nitrogens is 3. The van der Waals surface area contributed by atoms with Crippen LogP contribution in [0.5, 0.6) is 0 Å². The fraction of sp³-hybridized carbons (Fsp3) is 0.340. The fourth-order valence-electron chi connectivity index (χ4n) is 16.8. The summed E-state index contributed by atoms with van der Waals surface area (Å²) in [6.45, 7) is 25.6. The van der Waals surface area contributed by atoms with Gasteiger partial charge in [0.1, 0.15) is 54.8 Å². The van der Waals surface area contributed by atoms with E-state index in [2.05, 4.69) is 181 Å². The maximum Gasteiger partial charge on any atom is 0.271 e. The Morgan fingerprint density at radius 3 is 1.38 bits per heavy atom. The van der Waals surface area contributed by atoms with Crippen LogP contribution in [-0.4, -0.2) is 165 Å². The average molecular weight is 1870 g/mol. The molecule has 132 heavy (non-hydrogen) atoms. The number of piperidine rings is 4. The van der Waals surface area contributed by atoms with Gasteiger partial charge in [-0.3, -0.25) is 34.8 Å². The summed E-state index contributed by atoms with van der Waals surface area (Å²) >= 11 is 24.9. The molecule has 0 spiro atoms. The molecule has 686 valence electrons. The summed E-state index contributed by atoms with van der Waals surface area (Å²) < 4.78 is 50.2. The summed E-state index contributed by atoms with van der Waals surface area (Å²) in [5.41, 5.74) is 16.6. The first-order chi connectivity index (χ1) is 63.8. The van der Waals surface area contributed by atoms with Gasteiger partial charge < -0.3 is 56.9 Å². The summed E-state index contributed by atoms with van der Waals surface area (Å²) in [5.74, 6) is 5.83. The van der Waals surface area contributed by atoms with E-state index < -0.39 is 0 Å². The molecule has 4 saturated heterocycles. The molecule has 4 aromatic carbocycles. The Balaban J connectivity index is 0.000000135. The molecule has 0 amide bonds. The minimum absolute atomic E-state index is 0.228. The summed E-state index contributed by atoms with van der Waals surface area (Å²) in [6.07, 6.45) is 25.2. The van der Waals surface area contributed by atoms with Crippen molar-refractivity contribution in [2.24, 2.45) is 0 Å². The first-order valence-corrected chi connectivity index (χ1v) is 45.3. The van der Waals surface area contributed by atoms with Gasteiger partial charge in [0.25, 0.3) is 5.56 Å². The van der Waals surface area contributed by atoms with Crippen molar-refractivity contribution in [3.8, 4) is 0 Å². The summed E-state index contributed by atoms with van der Waals surface area (Å²) in [5, 5.41) is 51.4. The number of aromatic nitrogens is 18. The molecule has 0 radical (unpaired) electrons. The second-order valence-corrected chi connectivity index (χ2v) is 35.3. The van der Waals surface area contributed by atoms with E-state index in [0.717, 1.165) is 160 Å². The number of benzene rings is 4. The summed E-state index contributed by atoms with van der Waals surface area (Å²) in [7, 11) is 2.12. The van der Waals surface area contributed by atoms with Crippen molar-refractivity contribution in [2.45, 2.75) is 150 Å². The van der Waals surface area contributed by atoms with Crippen molar-refractivity contribution in [1.82, 2.24) is 111 Å². The molecule has 0 unspecified atom stereocenters. The van der Waals surface area contributed by atoms with Crippen LogP contribution in [0.15, 0.2) is 156 Å². The Bertz CT molecular complexity index is 6130. The van der Waals surface area contributed by atoms with E-state index in [1.54, 1.807) is 86.7 Å². The van der Waals surface area contributed by atoms with Crippen LogP contribution in [0.2, 0.25) is 20.1 Å². The van der Waals surface area contributed by atoms with Crippen LogP contribution < -0.4 is 48.1 Å². The van der Waals surface area contributed by atoms with E-state index in [1.807, 2.05) is 71.0 Å². The van der Waals surface area contributed by atoms with Gasteiger partial charge in [-0.2, -0.15) is 35.3 Å². The van der Waals surface area contributed by atoms with Crippen molar-refractivity contribution < 1.29 is 17.7 Å². The number of pyridine rings is 1. The second-order valence-electron chi connectivity index (χ2n) is 33.7. The van der Waals surface area contributed by atoms with Crippen molar-refractivity contribution in [1.29, 1.82) is 0 Å². The maximum atomic E-state index is 15.2. The Hall–Kier alpha value is -12.7. The van der Waals surface area contributed by atoms with Gasteiger partial charge in [0.2, 0.25) is 17.8 Å². The molecule has 4 fully saturated rings. The van der Waals surface area contributed by atoms with Gasteiger partial charge in [0.05, 0.1) is 53.7 Å². The van der Waals surface area contributed by atoms with E-state index in [-0.39, 0.29) is 40.9 Å². The Morgan fingerprint density at radius 1 is 0.447 bits per heavy atom. The lowest BCUT2D eigenvalue weighted by molar-refractivity contribution is 0.202. The third-order valence-corrected chi connectivity index (χ3v) is 24.9. The number of halogens is 7. The van der Waals surface area contributed by atoms with Crippen LogP contribution >= 0.6 is 46.4 Å². The van der Waals surface area contributed by atoms with Gasteiger partial charge in [0, 0.05) is 80.1 Å². The van der Waals surface area contributed by atoms with Crippen molar-refractivity contribution in [3.05, 3.63) is 285 Å². The molecule has 0 saturated carbocycles. The lowest BCUT2D eigenvalue weighted by Gasteiger charge is -2.33. The normalized spacial score (nSPS) is 14.8. The second kappa shape index (κ2) is 44.0. The Kier molecular flexibility index (Phi) is 31.4. The number of rotatable bonds is 24. The third kappa shape index (κ3) is 25.1. The summed E-state index contributed by atoms with van der Waals surface area (Å²) in [6, 6.07) is 25.8. The number of likely N-dealkylation sites (tertiary alicyclic amines) is 3. The van der Waals surface area contributed by atoms with Gasteiger partial charge >= 0.3 is 0 Å². The smallest absolute Gasteiger partial charge is 0.271 e. The Labute approximate surface area is 782 Å². The van der Waals surface area contributed by atoms with Crippen molar-refractivity contribution in [2.75, 3.05) is 96.6 Å². The van der Waals surface area contributed by atoms with Crippen LogP contribution in [0.25, 0.3) is 0 Å². The van der Waals surface area contributed by atoms with E-state index >= 15 is 8.78 Å². The molecule has 0 atom stereocenters. The minimum atomic E-state index is -0.339. The van der Waals surface area contributed by atoms with Crippen molar-refractivity contribution in [3.63, 3.8) is 0 Å². The molecule has 38 heteroatoms. The predicted octanol–water partition coefficient (Wildman–Crippen LogP) is 19.9. The number of nitrogens with one attached hydrogen (secondary N) is 11. The number of hydrogen-bond donors (Lipinski definition) is 11. The molecule has 4 aliphatic heterocycles. The zero-order valence-electron chi connectivity index (χ0n) is 74.6. The zero-order chi connectivity index (χ0) is 92.5. The highest BCUT2D eigenvalue weighted by molar-refractivity contribution is 6.34. The first kappa shape index (κ1) is 94.0. The molecular weight excluding hydrogens is 1770 g/mol. The largest absolute Gasteiger partial charge is 0.360 e. The minimum Gasteiger partial charge on any atom is -0.360 e. The van der Waals surface area contributed by atoms with E-state index in [9.17, 15) is 9.18 Å². The van der Waals surface area contributed by atoms with Gasteiger partial charge in [-0.1, -0.05) is 63.7 Å². The highest BCUT2D eigenvalue weighted by Gasteiger charge is 2.29. The maximum absolute atomic E-state index is 15.2. The molecule has 18 rings (SSSR count). The highest BCUT2D eigenvalue weighted by Crippen LogP contribution is 2.40. The topological polar surface area (TPSA) is 377 Å². The van der Waals surface area contributed by atoms with E-state index in [0.29, 0.717) is 125 Å². The molecule has 11 N–H and O–H groups in total. The van der Waals surface area contributed by atoms with Gasteiger partial charge in [-0.25, -0.2) is 38.1 Å². The molecule has 0 aliphatic carbocycles. The Morgan fingerprint density at radius 2 is 0.917 bits per heavy atom. The van der Waals surface area contributed by atoms with Crippen LogP contribution in [0.1, 0.15) is 165 Å². The molecular formula is C94H104Cl4F3N29O2. The number of hydrogen-bond acceptors (Lipinski definition) is 28. The summed E-state index contributed by atoms with van der Waals surface area (Å²) in [4.78, 5) is 64.9. The molecule has 0 bridgehead atoms. The standard InChI is InChI=1S/2C25H27ClFN9.C23H26ClN5O.C21H24ClFN6O/c1-15-9-22(31-25-30-13-20(26)24(33-25)32-23-10-16(2)34-35-23)21(27)11-19(15)17-3-7-36(8-4-17)14-18-12-28-5-6-29-18;1-15-9-22(31-25-28-13-20(26)24(33-25)32-23-10-16(2)34-35-23)21(27)11-19(15)18-4-7-36(8-5-18)14-17-3-6-29-30-12-17;1-14-11-18(16-5-8-25-9-6-16)15(2)10-17(14)12-21-27-13-19(24)22(29-21)28-20-4-3-7-26-23(20)30;1-12-8-18(17(23)10-15(12)14-4-6-29(3)7-5-14)25-21-24-11-16(22)20(27-21)26-19-9-13(2)30-28-19/h5-6,9-13,17H,3-4,7-8,14H2,1-2H3,(H3,30,31,32,33,34,35);3,6,9-13,18H,4-5,7-8,14H2,1-2H3,(H3,28,31,32,33,34,35);3-4,7,10-11,13,16,25H,5-6,8-9,12H2,1-2H3,(H,26,30)(H,27,28,29);8-11,14H,4-7H2,1-3H3,(H2,24,25,26,27,28). The fourth-order valence-corrected chi connectivity index (χ4v) is 17.4. The molecule has 31 nitrogen and oxygen atoms in total. The van der Waals surface area contributed by atoms with Gasteiger partial charge in [-0.15, -0.1) is 0 Å². The van der Waals surface area contributed by atoms with Crippen LogP contribution in [0, 0.1) is 72.8 Å².